The van der Waals surface area contributed by atoms with Gasteiger partial charge >= 0.3 is 12.1 Å². The quantitative estimate of drug-likeness (QED) is 0.201. The van der Waals surface area contributed by atoms with Crippen molar-refractivity contribution < 1.29 is 23.1 Å². The van der Waals surface area contributed by atoms with Crippen LogP contribution in [0.25, 0.3) is 21.5 Å². The van der Waals surface area contributed by atoms with Crippen molar-refractivity contribution in [3.8, 4) is 10.6 Å². The highest BCUT2D eigenvalue weighted by Gasteiger charge is 2.38. The summed E-state index contributed by atoms with van der Waals surface area (Å²) in [5.74, 6) is -2.76. The largest absolute Gasteiger partial charge is 0.490 e. The monoisotopic (exact) mass is 506 g/mol. The molecule has 0 saturated heterocycles. The number of aliphatic carboxylic acids is 1. The molecule has 4 rings (SSSR count). The van der Waals surface area contributed by atoms with Crippen LogP contribution >= 0.6 is 11.3 Å². The number of anilines is 1. The van der Waals surface area contributed by atoms with Gasteiger partial charge in [-0.1, -0.05) is 42.5 Å². The molecule has 0 saturated carbocycles. The number of H-pyrrole nitrogens is 1. The van der Waals surface area contributed by atoms with Gasteiger partial charge in [0.2, 0.25) is 5.13 Å². The Bertz CT molecular complexity index is 1250. The zero-order valence-corrected chi connectivity index (χ0v) is 19.9. The van der Waals surface area contributed by atoms with Crippen molar-refractivity contribution in [1.82, 2.24) is 25.7 Å². The van der Waals surface area contributed by atoms with E-state index in [1.54, 1.807) is 11.3 Å². The van der Waals surface area contributed by atoms with Gasteiger partial charge in [-0.25, -0.2) is 4.79 Å². The smallest absolute Gasteiger partial charge is 0.475 e. The predicted octanol–water partition coefficient (Wildman–Crippen LogP) is 4.79. The Kier molecular flexibility index (Phi) is 8.77. The molecule has 0 atom stereocenters. The van der Waals surface area contributed by atoms with E-state index in [1.165, 1.54) is 11.1 Å². The number of rotatable bonds is 8. The molecule has 2 heterocycles. The standard InChI is InChI=1S/C21H24N6S.C2HF3O2/c1-3-15-4-6-16(7-5-15)10-11-22-13-23-21-27-26-20(28-21)17-8-9-19-18(12-17)14(2)24-25-19;3-2(4,5)1(6)7/h4-9,12,22H,3,10-11,13H2,1-2H3,(H,23,27)(H,24,25);(H,6,7). The van der Waals surface area contributed by atoms with Crippen molar-refractivity contribution in [2.45, 2.75) is 32.9 Å². The van der Waals surface area contributed by atoms with Gasteiger partial charge in [0, 0.05) is 17.5 Å². The first-order valence-corrected chi connectivity index (χ1v) is 11.6. The average Bonchev–Trinajstić information content (AvgIpc) is 3.46. The highest BCUT2D eigenvalue weighted by Crippen LogP contribution is 2.29. The minimum atomic E-state index is -5.08. The number of carboxylic acids is 1. The van der Waals surface area contributed by atoms with Crippen molar-refractivity contribution in [1.29, 1.82) is 0 Å². The van der Waals surface area contributed by atoms with E-state index in [4.69, 9.17) is 9.90 Å². The molecule has 2 aromatic heterocycles. The van der Waals surface area contributed by atoms with E-state index >= 15 is 0 Å². The molecule has 0 aliphatic heterocycles. The van der Waals surface area contributed by atoms with Gasteiger partial charge in [0.25, 0.3) is 0 Å². The second-order valence-electron chi connectivity index (χ2n) is 7.56. The number of hydrogen-bond donors (Lipinski definition) is 4. The van der Waals surface area contributed by atoms with Crippen LogP contribution in [0.2, 0.25) is 0 Å². The number of alkyl halides is 3. The molecule has 0 radical (unpaired) electrons. The summed E-state index contributed by atoms with van der Waals surface area (Å²) in [6.07, 6.45) is -2.99. The van der Waals surface area contributed by atoms with Crippen LogP contribution in [0.4, 0.5) is 18.3 Å². The van der Waals surface area contributed by atoms with E-state index < -0.39 is 12.1 Å². The SMILES string of the molecule is CCc1ccc(CCNCNc2nnc(-c3ccc4[nH]nc(C)c4c3)s2)cc1.O=C(O)C(F)(F)F. The highest BCUT2D eigenvalue weighted by molar-refractivity contribution is 7.18. The molecule has 2 aromatic carbocycles. The summed E-state index contributed by atoms with van der Waals surface area (Å²) in [5.41, 5.74) is 5.83. The van der Waals surface area contributed by atoms with Crippen LogP contribution in [0.3, 0.4) is 0 Å². The fourth-order valence-electron chi connectivity index (χ4n) is 3.09. The number of aromatic nitrogens is 4. The summed E-state index contributed by atoms with van der Waals surface area (Å²) < 4.78 is 31.7. The zero-order chi connectivity index (χ0) is 25.4. The zero-order valence-electron chi connectivity index (χ0n) is 19.1. The third kappa shape index (κ3) is 7.49. The molecule has 8 nitrogen and oxygen atoms in total. The molecule has 0 fully saturated rings. The Morgan fingerprint density at radius 1 is 1.11 bits per heavy atom. The third-order valence-corrected chi connectivity index (χ3v) is 5.98. The molecule has 0 aliphatic rings. The maximum Gasteiger partial charge on any atom is 0.490 e. The van der Waals surface area contributed by atoms with Gasteiger partial charge in [-0.2, -0.15) is 18.3 Å². The predicted molar refractivity (Wildman–Crippen MR) is 129 cm³/mol. The normalized spacial score (nSPS) is 11.2. The first-order valence-electron chi connectivity index (χ1n) is 10.8. The molecule has 0 amide bonds. The molecule has 4 aromatic rings. The fraction of sp³-hybridized carbons (Fsp3) is 0.304. The number of carbonyl (C=O) groups is 1. The molecular weight excluding hydrogens is 481 g/mol. The van der Waals surface area contributed by atoms with Gasteiger partial charge in [0.1, 0.15) is 5.01 Å². The summed E-state index contributed by atoms with van der Waals surface area (Å²) in [6.45, 7) is 5.76. The van der Waals surface area contributed by atoms with Crippen LogP contribution in [-0.4, -0.2) is 50.9 Å². The van der Waals surface area contributed by atoms with Crippen LogP contribution in [0, 0.1) is 6.92 Å². The van der Waals surface area contributed by atoms with Gasteiger partial charge in [-0.05, 0) is 49.1 Å². The molecule has 4 N–H and O–H groups in total. The molecule has 0 aliphatic carbocycles. The Balaban J connectivity index is 0.000000429. The number of carboxylic acid groups (broad SMARTS) is 1. The van der Waals surface area contributed by atoms with E-state index in [0.717, 1.165) is 51.7 Å². The van der Waals surface area contributed by atoms with E-state index in [-0.39, 0.29) is 0 Å². The first-order chi connectivity index (χ1) is 16.7. The second kappa shape index (κ2) is 11.8. The van der Waals surface area contributed by atoms with Crippen molar-refractivity contribution in [2.24, 2.45) is 0 Å². The van der Waals surface area contributed by atoms with Crippen molar-refractivity contribution >= 4 is 33.3 Å². The summed E-state index contributed by atoms with van der Waals surface area (Å²) in [5, 5.41) is 32.5. The lowest BCUT2D eigenvalue weighted by Crippen LogP contribution is -2.24. The summed E-state index contributed by atoms with van der Waals surface area (Å²) >= 11 is 1.56. The van der Waals surface area contributed by atoms with E-state index in [1.807, 2.05) is 19.1 Å². The Labute approximate surface area is 203 Å². The van der Waals surface area contributed by atoms with Crippen molar-refractivity contribution in [2.75, 3.05) is 18.5 Å². The van der Waals surface area contributed by atoms with Crippen LogP contribution in [0.5, 0.6) is 0 Å². The number of aryl methyl sites for hydroxylation is 2. The van der Waals surface area contributed by atoms with Gasteiger partial charge in [-0.15, -0.1) is 10.2 Å². The number of nitrogens with zero attached hydrogens (tertiary/aromatic N) is 3. The Hall–Kier alpha value is -3.51. The minimum absolute atomic E-state index is 0.668. The van der Waals surface area contributed by atoms with E-state index in [9.17, 15) is 13.2 Å². The summed E-state index contributed by atoms with van der Waals surface area (Å²) in [4.78, 5) is 8.90. The average molecular weight is 507 g/mol. The number of halogens is 3. The number of aromatic amines is 1. The van der Waals surface area contributed by atoms with Gasteiger partial charge in [0.05, 0.1) is 17.9 Å². The van der Waals surface area contributed by atoms with E-state index in [2.05, 4.69) is 68.3 Å². The van der Waals surface area contributed by atoms with Crippen LogP contribution < -0.4 is 10.6 Å². The van der Waals surface area contributed by atoms with Gasteiger partial charge in [-0.3, -0.25) is 10.4 Å². The molecular formula is C23H25F3N6O2S. The number of fused-ring (bicyclic) bond motifs is 1. The summed E-state index contributed by atoms with van der Waals surface area (Å²) in [6, 6.07) is 15.0. The number of benzene rings is 2. The maximum absolute atomic E-state index is 10.6. The third-order valence-electron chi connectivity index (χ3n) is 5.05. The molecule has 0 bridgehead atoms. The first kappa shape index (κ1) is 26.1. The number of hydrogen-bond acceptors (Lipinski definition) is 7. The number of nitrogens with one attached hydrogen (secondary N) is 3. The highest BCUT2D eigenvalue weighted by atomic mass is 32.1. The van der Waals surface area contributed by atoms with E-state index in [0.29, 0.717) is 6.67 Å². The van der Waals surface area contributed by atoms with Crippen LogP contribution in [-0.2, 0) is 17.6 Å². The maximum atomic E-state index is 10.6. The lowest BCUT2D eigenvalue weighted by atomic mass is 10.1. The molecule has 12 heteroatoms. The molecule has 0 spiro atoms. The van der Waals surface area contributed by atoms with Crippen LogP contribution in [0.1, 0.15) is 23.7 Å². The van der Waals surface area contributed by atoms with Crippen molar-refractivity contribution in [3.63, 3.8) is 0 Å². The van der Waals surface area contributed by atoms with Gasteiger partial charge < -0.3 is 10.4 Å². The molecule has 186 valence electrons. The van der Waals surface area contributed by atoms with Crippen LogP contribution in [0.15, 0.2) is 42.5 Å². The molecule has 0 unspecified atom stereocenters. The lowest BCUT2D eigenvalue weighted by Gasteiger charge is -2.06. The Morgan fingerprint density at radius 2 is 1.80 bits per heavy atom. The minimum Gasteiger partial charge on any atom is -0.475 e. The lowest BCUT2D eigenvalue weighted by molar-refractivity contribution is -0.192. The van der Waals surface area contributed by atoms with Gasteiger partial charge in [0.15, 0.2) is 0 Å². The summed E-state index contributed by atoms with van der Waals surface area (Å²) in [7, 11) is 0. The fourth-order valence-corrected chi connectivity index (χ4v) is 3.83. The topological polar surface area (TPSA) is 116 Å². The van der Waals surface area contributed by atoms with Crippen molar-refractivity contribution in [3.05, 3.63) is 59.3 Å². The Morgan fingerprint density at radius 3 is 2.46 bits per heavy atom. The second-order valence-corrected chi connectivity index (χ2v) is 8.54. The molecule has 35 heavy (non-hydrogen) atoms.